The summed E-state index contributed by atoms with van der Waals surface area (Å²) in [6, 6.07) is 16.0. The molecule has 1 N–H and O–H groups in total. The fourth-order valence-corrected chi connectivity index (χ4v) is 4.34. The van der Waals surface area contributed by atoms with Crippen LogP contribution in [-0.4, -0.2) is 56.6 Å². The van der Waals surface area contributed by atoms with Crippen molar-refractivity contribution < 1.29 is 18.0 Å². The fourth-order valence-electron chi connectivity index (χ4n) is 3.49. The number of nitrogens with zero attached hydrogens (tertiary/aromatic N) is 2. The van der Waals surface area contributed by atoms with Gasteiger partial charge in [0.2, 0.25) is 21.8 Å². The summed E-state index contributed by atoms with van der Waals surface area (Å²) in [6.45, 7) is 7.31. The summed E-state index contributed by atoms with van der Waals surface area (Å²) < 4.78 is 26.2. The molecule has 8 heteroatoms. The normalized spacial score (nSPS) is 12.3. The second-order valence-electron chi connectivity index (χ2n) is 8.45. The van der Waals surface area contributed by atoms with Crippen LogP contribution in [0.2, 0.25) is 0 Å². The number of sulfonamides is 1. The Balaban J connectivity index is 2.29. The molecule has 2 amide bonds. The lowest BCUT2D eigenvalue weighted by atomic mass is 10.1. The van der Waals surface area contributed by atoms with E-state index in [1.54, 1.807) is 19.1 Å². The van der Waals surface area contributed by atoms with Crippen molar-refractivity contribution in [1.82, 2.24) is 10.2 Å². The minimum absolute atomic E-state index is 0.0735. The first-order valence-electron chi connectivity index (χ1n) is 11.2. The maximum Gasteiger partial charge on any atom is 0.244 e. The summed E-state index contributed by atoms with van der Waals surface area (Å²) >= 11 is 0. The maximum atomic E-state index is 13.4. The molecule has 0 spiro atoms. The highest BCUT2D eigenvalue weighted by molar-refractivity contribution is 7.92. The van der Waals surface area contributed by atoms with Gasteiger partial charge in [-0.25, -0.2) is 8.42 Å². The molecule has 7 nitrogen and oxygen atoms in total. The topological polar surface area (TPSA) is 86.8 Å². The van der Waals surface area contributed by atoms with Crippen molar-refractivity contribution in [3.63, 3.8) is 0 Å². The first-order chi connectivity index (χ1) is 15.5. The number of anilines is 1. The predicted molar refractivity (Wildman–Crippen MR) is 133 cm³/mol. The van der Waals surface area contributed by atoms with Crippen LogP contribution in [0.1, 0.15) is 38.8 Å². The molecule has 0 aliphatic carbocycles. The smallest absolute Gasteiger partial charge is 0.244 e. The van der Waals surface area contributed by atoms with Crippen molar-refractivity contribution in [2.24, 2.45) is 0 Å². The SMILES string of the molecule is CCc1ccc(N(CC(=O)N(CCc2ccccc2)[C@H](C)C(=O)NC(C)C)S(C)(=O)=O)cc1. The Morgan fingerprint density at radius 3 is 2.06 bits per heavy atom. The number of benzene rings is 2. The Kier molecular flexibility index (Phi) is 9.46. The lowest BCUT2D eigenvalue weighted by molar-refractivity contribution is -0.139. The quantitative estimate of drug-likeness (QED) is 0.544. The van der Waals surface area contributed by atoms with Crippen molar-refractivity contribution in [1.29, 1.82) is 0 Å². The summed E-state index contributed by atoms with van der Waals surface area (Å²) in [7, 11) is -3.71. The molecular formula is C25H35N3O4S. The first-order valence-corrected chi connectivity index (χ1v) is 13.1. The summed E-state index contributed by atoms with van der Waals surface area (Å²) in [4.78, 5) is 27.5. The molecule has 33 heavy (non-hydrogen) atoms. The van der Waals surface area contributed by atoms with Crippen LogP contribution in [0.3, 0.4) is 0 Å². The molecule has 1 atom stereocenters. The van der Waals surface area contributed by atoms with E-state index in [9.17, 15) is 18.0 Å². The molecule has 0 aromatic heterocycles. The lowest BCUT2D eigenvalue weighted by Crippen LogP contribution is -2.53. The van der Waals surface area contributed by atoms with Crippen LogP contribution in [0.5, 0.6) is 0 Å². The summed E-state index contributed by atoms with van der Waals surface area (Å²) in [5.74, 6) is -0.702. The van der Waals surface area contributed by atoms with E-state index >= 15 is 0 Å². The van der Waals surface area contributed by atoms with E-state index in [1.165, 1.54) is 4.90 Å². The number of nitrogens with one attached hydrogen (secondary N) is 1. The van der Waals surface area contributed by atoms with Crippen LogP contribution in [0.15, 0.2) is 54.6 Å². The van der Waals surface area contributed by atoms with Gasteiger partial charge in [-0.3, -0.25) is 13.9 Å². The zero-order chi connectivity index (χ0) is 24.6. The number of hydrogen-bond acceptors (Lipinski definition) is 4. The zero-order valence-electron chi connectivity index (χ0n) is 20.1. The highest BCUT2D eigenvalue weighted by atomic mass is 32.2. The summed E-state index contributed by atoms with van der Waals surface area (Å²) in [5.41, 5.74) is 2.52. The highest BCUT2D eigenvalue weighted by Crippen LogP contribution is 2.19. The molecule has 0 radical (unpaired) electrons. The Labute approximate surface area is 197 Å². The predicted octanol–water partition coefficient (Wildman–Crippen LogP) is 3.00. The summed E-state index contributed by atoms with van der Waals surface area (Å²) in [5, 5.41) is 2.84. The maximum absolute atomic E-state index is 13.4. The molecule has 0 unspecified atom stereocenters. The lowest BCUT2D eigenvalue weighted by Gasteiger charge is -2.32. The van der Waals surface area contributed by atoms with Crippen LogP contribution in [0, 0.1) is 0 Å². The van der Waals surface area contributed by atoms with E-state index in [4.69, 9.17) is 0 Å². The van der Waals surface area contributed by atoms with Crippen LogP contribution < -0.4 is 9.62 Å². The molecule has 0 fully saturated rings. The Morgan fingerprint density at radius 2 is 1.55 bits per heavy atom. The number of rotatable bonds is 11. The number of amides is 2. The van der Waals surface area contributed by atoms with E-state index in [0.717, 1.165) is 28.1 Å². The largest absolute Gasteiger partial charge is 0.352 e. The van der Waals surface area contributed by atoms with E-state index < -0.39 is 22.0 Å². The molecule has 0 saturated heterocycles. The van der Waals surface area contributed by atoms with E-state index in [0.29, 0.717) is 18.7 Å². The van der Waals surface area contributed by atoms with Gasteiger partial charge in [0.25, 0.3) is 0 Å². The Morgan fingerprint density at radius 1 is 0.939 bits per heavy atom. The average Bonchev–Trinajstić information content (AvgIpc) is 2.77. The van der Waals surface area contributed by atoms with Crippen molar-refractivity contribution in [2.45, 2.75) is 52.6 Å². The van der Waals surface area contributed by atoms with E-state index in [1.807, 2.05) is 63.2 Å². The van der Waals surface area contributed by atoms with Crippen molar-refractivity contribution in [3.8, 4) is 0 Å². The molecule has 0 heterocycles. The highest BCUT2D eigenvalue weighted by Gasteiger charge is 2.29. The first kappa shape index (κ1) is 26.4. The molecule has 2 aromatic rings. The number of carbonyl (C=O) groups excluding carboxylic acids is 2. The molecule has 0 saturated carbocycles. The second-order valence-corrected chi connectivity index (χ2v) is 10.4. The van der Waals surface area contributed by atoms with Crippen LogP contribution >= 0.6 is 0 Å². The van der Waals surface area contributed by atoms with Crippen LogP contribution in [-0.2, 0) is 32.5 Å². The van der Waals surface area contributed by atoms with Gasteiger partial charge < -0.3 is 10.2 Å². The van der Waals surface area contributed by atoms with Gasteiger partial charge in [0, 0.05) is 12.6 Å². The molecule has 180 valence electrons. The van der Waals surface area contributed by atoms with Gasteiger partial charge in [-0.05, 0) is 56.9 Å². The zero-order valence-corrected chi connectivity index (χ0v) is 20.9. The van der Waals surface area contributed by atoms with Gasteiger partial charge in [0.15, 0.2) is 0 Å². The van der Waals surface area contributed by atoms with Crippen molar-refractivity contribution in [3.05, 3.63) is 65.7 Å². The number of hydrogen-bond donors (Lipinski definition) is 1. The van der Waals surface area contributed by atoms with Crippen LogP contribution in [0.25, 0.3) is 0 Å². The average molecular weight is 474 g/mol. The molecule has 0 aliphatic rings. The van der Waals surface area contributed by atoms with E-state index in [2.05, 4.69) is 5.32 Å². The molecule has 2 aromatic carbocycles. The van der Waals surface area contributed by atoms with Crippen LogP contribution in [0.4, 0.5) is 5.69 Å². The van der Waals surface area contributed by atoms with Gasteiger partial charge in [0.05, 0.1) is 11.9 Å². The second kappa shape index (κ2) is 11.8. The Hall–Kier alpha value is -2.87. The fraction of sp³-hybridized carbons (Fsp3) is 0.440. The monoisotopic (exact) mass is 473 g/mol. The van der Waals surface area contributed by atoms with Gasteiger partial charge in [-0.15, -0.1) is 0 Å². The Bertz CT molecular complexity index is 1020. The standard InChI is InChI=1S/C25H35N3O4S/c1-6-21-12-14-23(15-13-21)28(33(5,31)32)18-24(29)27(20(4)25(30)26-19(2)3)17-16-22-10-8-7-9-11-22/h7-15,19-20H,6,16-18H2,1-5H3,(H,26,30)/t20-/m1/s1. The van der Waals surface area contributed by atoms with Gasteiger partial charge in [-0.2, -0.15) is 0 Å². The molecule has 2 rings (SSSR count). The summed E-state index contributed by atoms with van der Waals surface area (Å²) in [6.07, 6.45) is 2.46. The third-order valence-corrected chi connectivity index (χ3v) is 6.53. The van der Waals surface area contributed by atoms with Gasteiger partial charge >= 0.3 is 0 Å². The van der Waals surface area contributed by atoms with Crippen molar-refractivity contribution >= 4 is 27.5 Å². The molecule has 0 aliphatic heterocycles. The third-order valence-electron chi connectivity index (χ3n) is 5.39. The third kappa shape index (κ3) is 7.89. The number of aryl methyl sites for hydroxylation is 1. The minimum Gasteiger partial charge on any atom is -0.352 e. The van der Waals surface area contributed by atoms with E-state index in [-0.39, 0.29) is 18.5 Å². The number of carbonyl (C=O) groups is 2. The molecule has 0 bridgehead atoms. The van der Waals surface area contributed by atoms with Crippen molar-refractivity contribution in [2.75, 3.05) is 23.7 Å². The minimum atomic E-state index is -3.71. The van der Waals surface area contributed by atoms with Gasteiger partial charge in [-0.1, -0.05) is 49.4 Å². The molecular weight excluding hydrogens is 438 g/mol. The van der Waals surface area contributed by atoms with Gasteiger partial charge in [0.1, 0.15) is 12.6 Å².